The summed E-state index contributed by atoms with van der Waals surface area (Å²) in [6.07, 6.45) is 2.55. The van der Waals surface area contributed by atoms with E-state index >= 15 is 0 Å². The van der Waals surface area contributed by atoms with Crippen LogP contribution in [0.25, 0.3) is 0 Å². The van der Waals surface area contributed by atoms with Gasteiger partial charge in [0.15, 0.2) is 0 Å². The Kier molecular flexibility index (Phi) is 5.43. The summed E-state index contributed by atoms with van der Waals surface area (Å²) in [5.74, 6) is -0.805. The van der Waals surface area contributed by atoms with Gasteiger partial charge in [-0.3, -0.25) is 4.79 Å². The predicted octanol–water partition coefficient (Wildman–Crippen LogP) is 1.75. The van der Waals surface area contributed by atoms with E-state index in [1.165, 1.54) is 7.11 Å². The molecule has 2 heterocycles. The summed E-state index contributed by atoms with van der Waals surface area (Å²) in [6.45, 7) is 1.20. The molecule has 0 aliphatic carbocycles. The fourth-order valence-electron chi connectivity index (χ4n) is 2.33. The van der Waals surface area contributed by atoms with E-state index in [1.54, 1.807) is 17.2 Å². The van der Waals surface area contributed by atoms with Crippen molar-refractivity contribution in [3.8, 4) is 5.88 Å². The molecular formula is C14H18ClN3O4. The number of hydrogen-bond acceptors (Lipinski definition) is 4. The van der Waals surface area contributed by atoms with E-state index in [9.17, 15) is 9.59 Å². The molecule has 2 amide bonds. The van der Waals surface area contributed by atoms with E-state index in [-0.39, 0.29) is 11.9 Å². The Balaban J connectivity index is 1.83. The maximum atomic E-state index is 12.0. The van der Waals surface area contributed by atoms with Crippen molar-refractivity contribution in [2.75, 3.05) is 20.2 Å². The molecule has 1 aromatic heterocycles. The number of carboxylic acids is 1. The van der Waals surface area contributed by atoms with Gasteiger partial charge in [0, 0.05) is 25.8 Å². The molecule has 0 aromatic carbocycles. The molecule has 120 valence electrons. The standard InChI is InChI=1S/C14H18ClN3O4/c1-22-12-11(15)6-9(7-16-12)8-17-14(21)18-4-2-10(3-5-18)13(19)20/h6-7,10H,2-5,8H2,1H3,(H,17,21)(H,19,20). The Morgan fingerprint density at radius 1 is 1.50 bits per heavy atom. The molecule has 0 radical (unpaired) electrons. The van der Waals surface area contributed by atoms with Gasteiger partial charge >= 0.3 is 12.0 Å². The van der Waals surface area contributed by atoms with Crippen LogP contribution in [0.5, 0.6) is 5.88 Å². The molecule has 0 saturated carbocycles. The van der Waals surface area contributed by atoms with Crippen LogP contribution in [0.2, 0.25) is 5.02 Å². The summed E-state index contributed by atoms with van der Waals surface area (Å²) in [6, 6.07) is 1.47. The van der Waals surface area contributed by atoms with Crippen molar-refractivity contribution in [3.63, 3.8) is 0 Å². The van der Waals surface area contributed by atoms with Crippen LogP contribution in [-0.4, -0.2) is 47.2 Å². The summed E-state index contributed by atoms with van der Waals surface area (Å²) in [5, 5.41) is 12.1. The lowest BCUT2D eigenvalue weighted by atomic mass is 9.97. The summed E-state index contributed by atoms with van der Waals surface area (Å²) >= 11 is 5.97. The van der Waals surface area contributed by atoms with Crippen LogP contribution < -0.4 is 10.1 Å². The number of ether oxygens (including phenoxy) is 1. The number of carbonyl (C=O) groups excluding carboxylic acids is 1. The lowest BCUT2D eigenvalue weighted by Crippen LogP contribution is -2.45. The first-order valence-electron chi connectivity index (χ1n) is 6.95. The number of nitrogens with one attached hydrogen (secondary N) is 1. The minimum absolute atomic E-state index is 0.212. The van der Waals surface area contributed by atoms with E-state index in [1.807, 2.05) is 0 Å². The lowest BCUT2D eigenvalue weighted by molar-refractivity contribution is -0.143. The fourth-order valence-corrected chi connectivity index (χ4v) is 2.60. The second-order valence-corrected chi connectivity index (χ2v) is 5.50. The minimum Gasteiger partial charge on any atom is -0.481 e. The van der Waals surface area contributed by atoms with Gasteiger partial charge in [0.2, 0.25) is 5.88 Å². The second-order valence-electron chi connectivity index (χ2n) is 5.09. The number of nitrogens with zero attached hydrogens (tertiary/aromatic N) is 2. The summed E-state index contributed by atoms with van der Waals surface area (Å²) in [4.78, 5) is 28.6. The molecular weight excluding hydrogens is 310 g/mol. The van der Waals surface area contributed by atoms with Crippen molar-refractivity contribution in [2.24, 2.45) is 5.92 Å². The molecule has 0 bridgehead atoms. The van der Waals surface area contributed by atoms with Crippen LogP contribution in [0, 0.1) is 5.92 Å². The number of aliphatic carboxylic acids is 1. The first-order chi connectivity index (χ1) is 10.5. The Morgan fingerprint density at radius 2 is 2.18 bits per heavy atom. The minimum atomic E-state index is -0.793. The summed E-state index contributed by atoms with van der Waals surface area (Å²) in [5.41, 5.74) is 0.763. The number of aromatic nitrogens is 1. The lowest BCUT2D eigenvalue weighted by Gasteiger charge is -2.30. The number of carbonyl (C=O) groups is 2. The number of rotatable bonds is 4. The van der Waals surface area contributed by atoms with E-state index < -0.39 is 5.97 Å². The molecule has 8 heteroatoms. The van der Waals surface area contributed by atoms with Crippen LogP contribution in [0.4, 0.5) is 4.79 Å². The van der Waals surface area contributed by atoms with Crippen LogP contribution in [-0.2, 0) is 11.3 Å². The highest BCUT2D eigenvalue weighted by Crippen LogP contribution is 2.22. The molecule has 7 nitrogen and oxygen atoms in total. The Labute approximate surface area is 133 Å². The average Bonchev–Trinajstić information content (AvgIpc) is 2.52. The number of piperidine rings is 1. The molecule has 1 aliphatic heterocycles. The average molecular weight is 328 g/mol. The van der Waals surface area contributed by atoms with Gasteiger partial charge in [-0.25, -0.2) is 9.78 Å². The van der Waals surface area contributed by atoms with Gasteiger partial charge in [0.1, 0.15) is 5.02 Å². The molecule has 0 spiro atoms. The van der Waals surface area contributed by atoms with Crippen molar-refractivity contribution in [2.45, 2.75) is 19.4 Å². The number of amides is 2. The molecule has 0 atom stereocenters. The first kappa shape index (κ1) is 16.4. The third-order valence-electron chi connectivity index (χ3n) is 3.63. The number of carboxylic acid groups (broad SMARTS) is 1. The van der Waals surface area contributed by atoms with Crippen LogP contribution in [0.3, 0.4) is 0 Å². The van der Waals surface area contributed by atoms with Gasteiger partial charge in [-0.2, -0.15) is 0 Å². The van der Waals surface area contributed by atoms with Crippen molar-refractivity contribution in [1.82, 2.24) is 15.2 Å². The van der Waals surface area contributed by atoms with Crippen molar-refractivity contribution < 1.29 is 19.4 Å². The highest BCUT2D eigenvalue weighted by Gasteiger charge is 2.26. The van der Waals surface area contributed by atoms with Gasteiger partial charge in [-0.15, -0.1) is 0 Å². The number of halogens is 1. The van der Waals surface area contributed by atoms with Gasteiger partial charge < -0.3 is 20.1 Å². The topological polar surface area (TPSA) is 91.8 Å². The molecule has 0 unspecified atom stereocenters. The number of urea groups is 1. The van der Waals surface area contributed by atoms with Gasteiger partial charge in [-0.05, 0) is 24.5 Å². The van der Waals surface area contributed by atoms with E-state index in [2.05, 4.69) is 10.3 Å². The highest BCUT2D eigenvalue weighted by atomic mass is 35.5. The Hall–Kier alpha value is -2.02. The number of methoxy groups -OCH3 is 1. The molecule has 2 rings (SSSR count). The molecule has 1 fully saturated rings. The molecule has 22 heavy (non-hydrogen) atoms. The largest absolute Gasteiger partial charge is 0.481 e. The van der Waals surface area contributed by atoms with E-state index in [0.29, 0.717) is 43.4 Å². The molecule has 1 saturated heterocycles. The third kappa shape index (κ3) is 4.00. The smallest absolute Gasteiger partial charge is 0.317 e. The second kappa shape index (κ2) is 7.31. The predicted molar refractivity (Wildman–Crippen MR) is 80.0 cm³/mol. The third-order valence-corrected chi connectivity index (χ3v) is 3.90. The number of hydrogen-bond donors (Lipinski definition) is 2. The molecule has 2 N–H and O–H groups in total. The van der Waals surface area contributed by atoms with Crippen molar-refractivity contribution in [3.05, 3.63) is 22.8 Å². The van der Waals surface area contributed by atoms with Gasteiger partial charge in [0.05, 0.1) is 13.0 Å². The van der Waals surface area contributed by atoms with Crippen LogP contribution in [0.1, 0.15) is 18.4 Å². The summed E-state index contributed by atoms with van der Waals surface area (Å²) < 4.78 is 4.96. The van der Waals surface area contributed by atoms with Crippen molar-refractivity contribution in [1.29, 1.82) is 0 Å². The maximum Gasteiger partial charge on any atom is 0.317 e. The maximum absolute atomic E-state index is 12.0. The zero-order valence-corrected chi connectivity index (χ0v) is 13.0. The Bertz CT molecular complexity index is 559. The van der Waals surface area contributed by atoms with Crippen LogP contribution in [0.15, 0.2) is 12.3 Å². The number of pyridine rings is 1. The zero-order chi connectivity index (χ0) is 16.1. The Morgan fingerprint density at radius 3 is 2.73 bits per heavy atom. The molecule has 1 aliphatic rings. The van der Waals surface area contributed by atoms with Crippen molar-refractivity contribution >= 4 is 23.6 Å². The molecule has 1 aromatic rings. The highest BCUT2D eigenvalue weighted by molar-refractivity contribution is 6.31. The van der Waals surface area contributed by atoms with Crippen LogP contribution >= 0.6 is 11.6 Å². The zero-order valence-electron chi connectivity index (χ0n) is 12.2. The summed E-state index contributed by atoms with van der Waals surface area (Å²) in [7, 11) is 1.48. The monoisotopic (exact) mass is 327 g/mol. The van der Waals surface area contributed by atoms with Gasteiger partial charge in [0.25, 0.3) is 0 Å². The SMILES string of the molecule is COc1ncc(CNC(=O)N2CCC(C(=O)O)CC2)cc1Cl. The quantitative estimate of drug-likeness (QED) is 0.879. The van der Waals surface area contributed by atoms with E-state index in [0.717, 1.165) is 5.56 Å². The van der Waals surface area contributed by atoms with E-state index in [4.69, 9.17) is 21.4 Å². The normalized spacial score (nSPS) is 15.5. The fraction of sp³-hybridized carbons (Fsp3) is 0.500. The first-order valence-corrected chi connectivity index (χ1v) is 7.33. The van der Waals surface area contributed by atoms with Gasteiger partial charge in [-0.1, -0.05) is 11.6 Å². The number of likely N-dealkylation sites (tertiary alicyclic amines) is 1.